The predicted octanol–water partition coefficient (Wildman–Crippen LogP) is 2.45. The molecule has 1 heterocycles. The molecule has 2 rings (SSSR count). The molecule has 0 bridgehead atoms. The Morgan fingerprint density at radius 3 is 3.08 bits per heavy atom. The highest BCUT2D eigenvalue weighted by Gasteiger charge is 2.25. The Balaban J connectivity index is 2.30. The van der Waals surface area contributed by atoms with Gasteiger partial charge < -0.3 is 10.3 Å². The molecule has 0 radical (unpaired) electrons. The average molecular weight is 195 g/mol. The summed E-state index contributed by atoms with van der Waals surface area (Å²) in [6, 6.07) is 1.87. The van der Waals surface area contributed by atoms with E-state index in [-0.39, 0.29) is 0 Å². The predicted molar refractivity (Wildman–Crippen MR) is 55.6 cm³/mol. The SMILES string of the molecule is CCNc1cc(=S)nc(C2CC2)[nH]1. The minimum absolute atomic E-state index is 0.625. The maximum atomic E-state index is 5.08. The number of nitrogens with zero attached hydrogens (tertiary/aromatic N) is 1. The van der Waals surface area contributed by atoms with Gasteiger partial charge in [0.25, 0.3) is 0 Å². The van der Waals surface area contributed by atoms with Gasteiger partial charge in [0.15, 0.2) is 0 Å². The summed E-state index contributed by atoms with van der Waals surface area (Å²) in [7, 11) is 0. The van der Waals surface area contributed by atoms with Crippen LogP contribution < -0.4 is 5.32 Å². The molecule has 1 aliphatic carbocycles. The van der Waals surface area contributed by atoms with E-state index < -0.39 is 0 Å². The van der Waals surface area contributed by atoms with E-state index in [0.29, 0.717) is 10.6 Å². The third-order valence-corrected chi connectivity index (χ3v) is 2.30. The summed E-state index contributed by atoms with van der Waals surface area (Å²) in [5, 5.41) is 3.21. The quantitative estimate of drug-likeness (QED) is 0.728. The first-order chi connectivity index (χ1) is 6.29. The topological polar surface area (TPSA) is 40.7 Å². The Morgan fingerprint density at radius 2 is 2.46 bits per heavy atom. The van der Waals surface area contributed by atoms with Crippen molar-refractivity contribution in [2.45, 2.75) is 25.7 Å². The van der Waals surface area contributed by atoms with E-state index in [1.54, 1.807) is 0 Å². The Morgan fingerprint density at radius 1 is 1.69 bits per heavy atom. The molecular weight excluding hydrogens is 182 g/mol. The minimum atomic E-state index is 0.625. The van der Waals surface area contributed by atoms with Crippen LogP contribution in [-0.2, 0) is 0 Å². The van der Waals surface area contributed by atoms with E-state index in [1.807, 2.05) is 6.07 Å². The van der Waals surface area contributed by atoms with Crippen molar-refractivity contribution in [3.05, 3.63) is 16.5 Å². The second-order valence-corrected chi connectivity index (χ2v) is 3.74. The number of anilines is 1. The van der Waals surface area contributed by atoms with E-state index in [2.05, 4.69) is 22.2 Å². The normalized spacial score (nSPS) is 15.8. The molecule has 0 saturated heterocycles. The monoisotopic (exact) mass is 195 g/mol. The van der Waals surface area contributed by atoms with E-state index in [9.17, 15) is 0 Å². The van der Waals surface area contributed by atoms with Crippen molar-refractivity contribution < 1.29 is 0 Å². The first kappa shape index (κ1) is 8.69. The fourth-order valence-electron chi connectivity index (χ4n) is 1.31. The highest BCUT2D eigenvalue weighted by molar-refractivity contribution is 7.71. The van der Waals surface area contributed by atoms with Gasteiger partial charge in [0, 0.05) is 18.5 Å². The van der Waals surface area contributed by atoms with Gasteiger partial charge in [-0.05, 0) is 19.8 Å². The molecule has 1 saturated carbocycles. The third-order valence-electron chi connectivity index (χ3n) is 2.09. The summed E-state index contributed by atoms with van der Waals surface area (Å²) in [5.74, 6) is 2.66. The largest absolute Gasteiger partial charge is 0.372 e. The second kappa shape index (κ2) is 3.46. The molecular formula is C9H13N3S. The van der Waals surface area contributed by atoms with Crippen LogP contribution in [0.2, 0.25) is 0 Å². The Kier molecular flexibility index (Phi) is 2.31. The fourth-order valence-corrected chi connectivity index (χ4v) is 1.53. The Hall–Kier alpha value is -0.900. The van der Waals surface area contributed by atoms with Crippen molar-refractivity contribution in [2.75, 3.05) is 11.9 Å². The zero-order valence-electron chi connectivity index (χ0n) is 7.63. The molecule has 1 aromatic heterocycles. The van der Waals surface area contributed by atoms with Crippen LogP contribution in [0.5, 0.6) is 0 Å². The van der Waals surface area contributed by atoms with Gasteiger partial charge in [-0.2, -0.15) is 0 Å². The van der Waals surface area contributed by atoms with Crippen molar-refractivity contribution >= 4 is 18.0 Å². The van der Waals surface area contributed by atoms with Gasteiger partial charge in [0.2, 0.25) is 0 Å². The van der Waals surface area contributed by atoms with Gasteiger partial charge in [-0.1, -0.05) is 12.2 Å². The zero-order valence-corrected chi connectivity index (χ0v) is 8.45. The molecule has 13 heavy (non-hydrogen) atoms. The van der Waals surface area contributed by atoms with Crippen LogP contribution in [0.15, 0.2) is 6.07 Å². The van der Waals surface area contributed by atoms with Crippen LogP contribution >= 0.6 is 12.2 Å². The van der Waals surface area contributed by atoms with Crippen LogP contribution in [0.1, 0.15) is 31.5 Å². The lowest BCUT2D eigenvalue weighted by atomic mass is 10.4. The van der Waals surface area contributed by atoms with Crippen LogP contribution in [0, 0.1) is 4.64 Å². The van der Waals surface area contributed by atoms with Gasteiger partial charge >= 0.3 is 0 Å². The molecule has 0 aliphatic heterocycles. The number of hydrogen-bond donors (Lipinski definition) is 2. The van der Waals surface area contributed by atoms with Crippen molar-refractivity contribution in [1.82, 2.24) is 9.97 Å². The molecule has 1 aromatic rings. The number of aromatic nitrogens is 2. The minimum Gasteiger partial charge on any atom is -0.372 e. The molecule has 0 atom stereocenters. The number of aromatic amines is 1. The molecule has 3 nitrogen and oxygen atoms in total. The summed E-state index contributed by atoms with van der Waals surface area (Å²) >= 11 is 5.08. The van der Waals surface area contributed by atoms with Crippen LogP contribution in [0.25, 0.3) is 0 Å². The maximum absolute atomic E-state index is 5.08. The van der Waals surface area contributed by atoms with Crippen LogP contribution in [0.4, 0.5) is 5.82 Å². The summed E-state index contributed by atoms with van der Waals surface area (Å²) < 4.78 is 0.677. The smallest absolute Gasteiger partial charge is 0.131 e. The number of rotatable bonds is 3. The van der Waals surface area contributed by atoms with Crippen molar-refractivity contribution in [1.29, 1.82) is 0 Å². The van der Waals surface area contributed by atoms with E-state index in [0.717, 1.165) is 18.2 Å². The second-order valence-electron chi connectivity index (χ2n) is 3.32. The first-order valence-corrected chi connectivity index (χ1v) is 5.05. The lowest BCUT2D eigenvalue weighted by Crippen LogP contribution is -2.02. The summed E-state index contributed by atoms with van der Waals surface area (Å²) in [5.41, 5.74) is 0. The number of nitrogens with one attached hydrogen (secondary N) is 2. The van der Waals surface area contributed by atoms with Crippen LogP contribution in [-0.4, -0.2) is 16.5 Å². The molecule has 0 spiro atoms. The maximum Gasteiger partial charge on any atom is 0.131 e. The molecule has 1 fully saturated rings. The lowest BCUT2D eigenvalue weighted by Gasteiger charge is -2.05. The van der Waals surface area contributed by atoms with Gasteiger partial charge in [0.1, 0.15) is 16.3 Å². The highest BCUT2D eigenvalue weighted by Crippen LogP contribution is 2.38. The molecule has 1 aliphatic rings. The first-order valence-electron chi connectivity index (χ1n) is 4.64. The third kappa shape index (κ3) is 2.06. The summed E-state index contributed by atoms with van der Waals surface area (Å²) in [6.07, 6.45) is 2.49. The van der Waals surface area contributed by atoms with Gasteiger partial charge in [0.05, 0.1) is 0 Å². The van der Waals surface area contributed by atoms with Crippen molar-refractivity contribution in [3.63, 3.8) is 0 Å². The number of hydrogen-bond acceptors (Lipinski definition) is 3. The van der Waals surface area contributed by atoms with Gasteiger partial charge in [-0.3, -0.25) is 0 Å². The zero-order chi connectivity index (χ0) is 9.26. The van der Waals surface area contributed by atoms with Gasteiger partial charge in [-0.15, -0.1) is 0 Å². The molecule has 0 amide bonds. The highest BCUT2D eigenvalue weighted by atomic mass is 32.1. The van der Waals surface area contributed by atoms with E-state index in [1.165, 1.54) is 12.8 Å². The molecule has 4 heteroatoms. The standard InChI is InChI=1S/C9H13N3S/c1-2-10-7-5-8(13)12-9(11-7)6-3-4-6/h5-6H,2-4H2,1H3,(H2,10,11,12,13). The summed E-state index contributed by atoms with van der Waals surface area (Å²) in [4.78, 5) is 7.56. The summed E-state index contributed by atoms with van der Waals surface area (Å²) in [6.45, 7) is 2.97. The molecule has 2 N–H and O–H groups in total. The van der Waals surface area contributed by atoms with Crippen molar-refractivity contribution in [3.8, 4) is 0 Å². The van der Waals surface area contributed by atoms with Crippen LogP contribution in [0.3, 0.4) is 0 Å². The fraction of sp³-hybridized carbons (Fsp3) is 0.556. The Labute approximate surface area is 82.6 Å². The van der Waals surface area contributed by atoms with E-state index >= 15 is 0 Å². The lowest BCUT2D eigenvalue weighted by molar-refractivity contribution is 0.917. The molecule has 70 valence electrons. The Bertz CT molecular complexity index is 354. The molecule has 0 unspecified atom stereocenters. The van der Waals surface area contributed by atoms with Crippen molar-refractivity contribution in [2.24, 2.45) is 0 Å². The van der Waals surface area contributed by atoms with E-state index in [4.69, 9.17) is 12.2 Å². The average Bonchev–Trinajstić information content (AvgIpc) is 2.85. The number of H-pyrrole nitrogens is 1. The van der Waals surface area contributed by atoms with Gasteiger partial charge in [-0.25, -0.2) is 4.98 Å². The molecule has 0 aromatic carbocycles.